The Labute approximate surface area is 234 Å². The Kier molecular flexibility index (Phi) is 8.09. The van der Waals surface area contributed by atoms with E-state index >= 15 is 0 Å². The summed E-state index contributed by atoms with van der Waals surface area (Å²) in [6.45, 7) is 7.76. The standard InChI is InChI=1S/C31H35N3O6/c1-4-15-39-25-10-7-21(18-26(25)38-5-2)28-27(29(35)22-8-9-24-23(17-22)16-20(3)40-24)30(36)31(37)34(28)13-6-12-33-14-11-32-19-33/h7-11,14,17-20,28H,4-6,12-13,15-16H2,1-3H3,(H,35,36). The maximum Gasteiger partial charge on any atom is 0.295 e. The van der Waals surface area contributed by atoms with Gasteiger partial charge in [-0.05, 0) is 61.2 Å². The number of imidazole rings is 1. The molecule has 0 saturated carbocycles. The molecule has 1 amide bonds. The highest BCUT2D eigenvalue weighted by molar-refractivity contribution is 6.46. The van der Waals surface area contributed by atoms with Crippen molar-refractivity contribution in [1.29, 1.82) is 0 Å². The van der Waals surface area contributed by atoms with Crippen molar-refractivity contribution in [3.05, 3.63) is 77.4 Å². The highest BCUT2D eigenvalue weighted by Crippen LogP contribution is 2.42. The Morgan fingerprint density at radius 3 is 2.75 bits per heavy atom. The number of carbonyl (C=O) groups excluding carboxylic acids is 2. The summed E-state index contributed by atoms with van der Waals surface area (Å²) < 4.78 is 19.5. The molecule has 9 heteroatoms. The zero-order chi connectivity index (χ0) is 28.2. The van der Waals surface area contributed by atoms with Crippen LogP contribution in [0.4, 0.5) is 0 Å². The Bertz CT molecular complexity index is 1410. The number of ketones is 1. The van der Waals surface area contributed by atoms with Crippen LogP contribution in [0.15, 0.2) is 60.7 Å². The van der Waals surface area contributed by atoms with Crippen LogP contribution in [0.25, 0.3) is 5.76 Å². The summed E-state index contributed by atoms with van der Waals surface area (Å²) in [6, 6.07) is 9.75. The minimum atomic E-state index is -0.841. The van der Waals surface area contributed by atoms with Crippen molar-refractivity contribution in [2.45, 2.75) is 58.7 Å². The van der Waals surface area contributed by atoms with Crippen molar-refractivity contribution in [3.8, 4) is 17.2 Å². The molecule has 9 nitrogen and oxygen atoms in total. The number of likely N-dealkylation sites (tertiary alicyclic amines) is 1. The second kappa shape index (κ2) is 11.9. The first-order valence-electron chi connectivity index (χ1n) is 13.9. The van der Waals surface area contributed by atoms with Crippen LogP contribution in [0.3, 0.4) is 0 Å². The molecule has 1 saturated heterocycles. The lowest BCUT2D eigenvalue weighted by Gasteiger charge is -2.28. The molecule has 2 atom stereocenters. The largest absolute Gasteiger partial charge is 0.872 e. The molecular weight excluding hydrogens is 510 g/mol. The molecule has 2 aliphatic rings. The third-order valence-electron chi connectivity index (χ3n) is 7.15. The van der Waals surface area contributed by atoms with E-state index in [-0.39, 0.29) is 11.7 Å². The first-order valence-corrected chi connectivity index (χ1v) is 13.9. The molecule has 5 rings (SSSR count). The van der Waals surface area contributed by atoms with Crippen LogP contribution in [0, 0.1) is 0 Å². The smallest absolute Gasteiger partial charge is 0.295 e. The molecule has 210 valence electrons. The number of hydrogen-bond acceptors (Lipinski definition) is 6. The molecule has 2 aliphatic heterocycles. The van der Waals surface area contributed by atoms with Gasteiger partial charge in [0.05, 0.1) is 25.8 Å². The molecule has 3 heterocycles. The number of fused-ring (bicyclic) bond motifs is 1. The number of nitrogens with one attached hydrogen (secondary N) is 1. The fraction of sp³-hybridized carbons (Fsp3) is 0.387. The first-order chi connectivity index (χ1) is 19.4. The van der Waals surface area contributed by atoms with Gasteiger partial charge in [0.1, 0.15) is 24.2 Å². The summed E-state index contributed by atoms with van der Waals surface area (Å²) in [4.78, 5) is 31.4. The van der Waals surface area contributed by atoms with Crippen molar-refractivity contribution in [2.75, 3.05) is 19.8 Å². The minimum Gasteiger partial charge on any atom is -0.872 e. The highest BCUT2D eigenvalue weighted by Gasteiger charge is 2.44. The predicted molar refractivity (Wildman–Crippen MR) is 146 cm³/mol. The van der Waals surface area contributed by atoms with Crippen LogP contribution >= 0.6 is 0 Å². The van der Waals surface area contributed by atoms with Gasteiger partial charge in [-0.2, -0.15) is 0 Å². The molecule has 0 bridgehead atoms. The van der Waals surface area contributed by atoms with E-state index in [1.54, 1.807) is 30.3 Å². The number of amides is 1. The van der Waals surface area contributed by atoms with Crippen molar-refractivity contribution in [3.63, 3.8) is 0 Å². The number of rotatable bonds is 11. The van der Waals surface area contributed by atoms with Crippen LogP contribution in [-0.4, -0.2) is 47.4 Å². The second-order valence-corrected chi connectivity index (χ2v) is 10.1. The lowest BCUT2D eigenvalue weighted by molar-refractivity contribution is -0.695. The van der Waals surface area contributed by atoms with E-state index in [2.05, 4.69) is 4.98 Å². The fourth-order valence-electron chi connectivity index (χ4n) is 5.34. The van der Waals surface area contributed by atoms with E-state index in [0.29, 0.717) is 61.8 Å². The SMILES string of the molecule is CCCOc1ccc(C2/C(=C(\[O-])c3ccc4c(c3)CC(C)O4)C(=O)C(=O)N2CCC[n+]2cc[nH]c2)cc1OCC. The lowest BCUT2D eigenvalue weighted by Crippen LogP contribution is -2.36. The van der Waals surface area contributed by atoms with Gasteiger partial charge in [-0.15, -0.1) is 0 Å². The van der Waals surface area contributed by atoms with Crippen molar-refractivity contribution >= 4 is 17.4 Å². The van der Waals surface area contributed by atoms with Crippen LogP contribution < -0.4 is 23.9 Å². The van der Waals surface area contributed by atoms with E-state index in [0.717, 1.165) is 17.7 Å². The summed E-state index contributed by atoms with van der Waals surface area (Å²) in [5.41, 5.74) is 1.87. The van der Waals surface area contributed by atoms with Gasteiger partial charge in [0.25, 0.3) is 5.91 Å². The normalized spacial score (nSPS) is 19.5. The number of carbonyl (C=O) groups is 2. The van der Waals surface area contributed by atoms with Crippen molar-refractivity contribution in [2.24, 2.45) is 0 Å². The maximum absolute atomic E-state index is 14.0. The molecule has 1 N–H and O–H groups in total. The third kappa shape index (κ3) is 5.41. The molecule has 40 heavy (non-hydrogen) atoms. The summed E-state index contributed by atoms with van der Waals surface area (Å²) in [6.07, 6.45) is 7.69. The Hall–Kier alpha value is -4.27. The number of benzene rings is 2. The van der Waals surface area contributed by atoms with Crippen molar-refractivity contribution < 1.29 is 33.5 Å². The van der Waals surface area contributed by atoms with E-state index < -0.39 is 23.5 Å². The third-order valence-corrected chi connectivity index (χ3v) is 7.15. The highest BCUT2D eigenvalue weighted by atomic mass is 16.5. The van der Waals surface area contributed by atoms with Gasteiger partial charge in [-0.1, -0.05) is 24.8 Å². The van der Waals surface area contributed by atoms with Gasteiger partial charge in [-0.3, -0.25) is 14.6 Å². The Balaban J connectivity index is 1.56. The monoisotopic (exact) mass is 545 g/mol. The number of H-pyrrole nitrogens is 1. The lowest BCUT2D eigenvalue weighted by atomic mass is 9.94. The molecule has 0 aliphatic carbocycles. The van der Waals surface area contributed by atoms with Crippen LogP contribution in [0.2, 0.25) is 0 Å². The predicted octanol–water partition coefficient (Wildman–Crippen LogP) is 3.13. The molecule has 0 radical (unpaired) electrons. The molecule has 3 aromatic rings. The van der Waals surface area contributed by atoms with Gasteiger partial charge >= 0.3 is 0 Å². The zero-order valence-electron chi connectivity index (χ0n) is 23.1. The number of ether oxygens (including phenoxy) is 3. The molecule has 1 aromatic heterocycles. The topological polar surface area (TPSA) is 108 Å². The summed E-state index contributed by atoms with van der Waals surface area (Å²) in [7, 11) is 0. The molecule has 1 fully saturated rings. The molecular formula is C31H35N3O6. The van der Waals surface area contributed by atoms with Gasteiger partial charge in [0.2, 0.25) is 12.1 Å². The average molecular weight is 546 g/mol. The van der Waals surface area contributed by atoms with Crippen LogP contribution in [0.1, 0.15) is 56.3 Å². The average Bonchev–Trinajstić information content (AvgIpc) is 3.66. The summed E-state index contributed by atoms with van der Waals surface area (Å²) in [5, 5.41) is 14.0. The van der Waals surface area contributed by atoms with E-state index in [1.807, 2.05) is 50.1 Å². The van der Waals surface area contributed by atoms with Gasteiger partial charge < -0.3 is 24.2 Å². The number of aryl methyl sites for hydroxylation is 1. The maximum atomic E-state index is 14.0. The van der Waals surface area contributed by atoms with E-state index in [1.165, 1.54) is 4.90 Å². The summed E-state index contributed by atoms with van der Waals surface area (Å²) in [5.74, 6) is -0.0454. The number of Topliss-reactive ketones (excluding diaryl/α,β-unsaturated/α-hetero) is 1. The van der Waals surface area contributed by atoms with Crippen molar-refractivity contribution in [1.82, 2.24) is 9.88 Å². The van der Waals surface area contributed by atoms with Gasteiger partial charge in [-0.25, -0.2) is 4.57 Å². The Morgan fingerprint density at radius 1 is 1.15 bits per heavy atom. The minimum absolute atomic E-state index is 0.0225. The number of aromatic amines is 1. The first kappa shape index (κ1) is 27.3. The number of nitrogens with zero attached hydrogens (tertiary/aromatic N) is 2. The summed E-state index contributed by atoms with van der Waals surface area (Å²) >= 11 is 0. The van der Waals surface area contributed by atoms with Crippen LogP contribution in [-0.2, 0) is 22.6 Å². The molecule has 2 aromatic carbocycles. The van der Waals surface area contributed by atoms with E-state index in [9.17, 15) is 14.7 Å². The Morgan fingerprint density at radius 2 is 2.00 bits per heavy atom. The number of aromatic nitrogens is 2. The molecule has 2 unspecified atom stereocenters. The quantitative estimate of drug-likeness (QED) is 0.172. The van der Waals surface area contributed by atoms with Gasteiger partial charge in [0.15, 0.2) is 11.5 Å². The molecule has 0 spiro atoms. The number of hydrogen-bond donors (Lipinski definition) is 1. The van der Waals surface area contributed by atoms with Gasteiger partial charge in [0, 0.05) is 25.0 Å². The second-order valence-electron chi connectivity index (χ2n) is 10.1. The van der Waals surface area contributed by atoms with E-state index in [4.69, 9.17) is 14.2 Å². The van der Waals surface area contributed by atoms with Crippen LogP contribution in [0.5, 0.6) is 17.2 Å². The zero-order valence-corrected chi connectivity index (χ0v) is 23.1. The fourth-order valence-corrected chi connectivity index (χ4v) is 5.34.